The highest BCUT2D eigenvalue weighted by molar-refractivity contribution is 8.14. The van der Waals surface area contributed by atoms with Gasteiger partial charge < -0.3 is 9.47 Å². The Morgan fingerprint density at radius 3 is 2.21 bits per heavy atom. The summed E-state index contributed by atoms with van der Waals surface area (Å²) in [5.74, 6) is 1.29. The average Bonchev–Trinajstić information content (AvgIpc) is 2.72. The molecule has 7 heteroatoms. The molecule has 0 saturated heterocycles. The quantitative estimate of drug-likeness (QED) is 0.329. The van der Waals surface area contributed by atoms with Crippen LogP contribution in [0.5, 0.6) is 23.3 Å². The highest BCUT2D eigenvalue weighted by Gasteiger charge is 2.27. The second-order valence-corrected chi connectivity index (χ2v) is 7.49. The van der Waals surface area contributed by atoms with E-state index in [1.54, 1.807) is 42.5 Å². The molecule has 0 amide bonds. The van der Waals surface area contributed by atoms with Crippen LogP contribution in [0.3, 0.4) is 0 Å². The molecule has 0 radical (unpaired) electrons. The van der Waals surface area contributed by atoms with Gasteiger partial charge in [0.25, 0.3) is 11.8 Å². The van der Waals surface area contributed by atoms with E-state index >= 15 is 0 Å². The van der Waals surface area contributed by atoms with Crippen LogP contribution >= 0.6 is 23.4 Å². The standard InChI is InChI=1S/C21H11ClN2O3S/c22-12-8-10-13(11-9-12)28-21(25)14-4-3-7-17-18(14)27-20-19(26-17)23-15-5-1-2-6-16(15)24-20/h1-11H. The van der Waals surface area contributed by atoms with Crippen LogP contribution in [0.1, 0.15) is 10.4 Å². The van der Waals surface area contributed by atoms with Gasteiger partial charge in [-0.15, -0.1) is 0 Å². The van der Waals surface area contributed by atoms with Crippen molar-refractivity contribution in [2.45, 2.75) is 4.90 Å². The minimum absolute atomic E-state index is 0.167. The molecule has 0 spiro atoms. The predicted octanol–water partition coefficient (Wildman–Crippen LogP) is 6.11. The van der Waals surface area contributed by atoms with Crippen molar-refractivity contribution in [3.8, 4) is 23.3 Å². The van der Waals surface area contributed by atoms with Crippen LogP contribution in [0.4, 0.5) is 0 Å². The number of halogens is 1. The lowest BCUT2D eigenvalue weighted by molar-refractivity contribution is 0.108. The van der Waals surface area contributed by atoms with E-state index < -0.39 is 0 Å². The molecule has 0 fully saturated rings. The third-order valence-electron chi connectivity index (χ3n) is 4.14. The molecule has 0 aliphatic carbocycles. The zero-order chi connectivity index (χ0) is 19.1. The number of nitrogens with zero attached hydrogens (tertiary/aromatic N) is 2. The largest absolute Gasteiger partial charge is 0.431 e. The summed E-state index contributed by atoms with van der Waals surface area (Å²) in [6.07, 6.45) is 0. The van der Waals surface area contributed by atoms with E-state index in [0.717, 1.165) is 16.7 Å². The highest BCUT2D eigenvalue weighted by Crippen LogP contribution is 2.46. The minimum Gasteiger partial charge on any atom is -0.431 e. The van der Waals surface area contributed by atoms with Gasteiger partial charge in [-0.2, -0.15) is 0 Å². The van der Waals surface area contributed by atoms with Gasteiger partial charge in [0.2, 0.25) is 5.12 Å². The van der Waals surface area contributed by atoms with Gasteiger partial charge in [0.1, 0.15) is 0 Å². The fraction of sp³-hybridized carbons (Fsp3) is 0. The molecule has 0 N–H and O–H groups in total. The Morgan fingerprint density at radius 1 is 0.821 bits per heavy atom. The summed E-state index contributed by atoms with van der Waals surface area (Å²) in [6, 6.07) is 19.7. The molecule has 1 aliphatic heterocycles. The maximum atomic E-state index is 12.9. The molecule has 28 heavy (non-hydrogen) atoms. The van der Waals surface area contributed by atoms with Gasteiger partial charge >= 0.3 is 0 Å². The number of ether oxygens (including phenoxy) is 2. The second-order valence-electron chi connectivity index (χ2n) is 6.00. The van der Waals surface area contributed by atoms with Gasteiger partial charge in [0, 0.05) is 9.92 Å². The van der Waals surface area contributed by atoms with Crippen LogP contribution in [-0.2, 0) is 0 Å². The monoisotopic (exact) mass is 406 g/mol. The topological polar surface area (TPSA) is 61.3 Å². The number of carbonyl (C=O) groups excluding carboxylic acids is 1. The van der Waals surface area contributed by atoms with E-state index in [0.29, 0.717) is 33.1 Å². The Morgan fingerprint density at radius 2 is 1.50 bits per heavy atom. The van der Waals surface area contributed by atoms with Crippen LogP contribution in [-0.4, -0.2) is 15.1 Å². The van der Waals surface area contributed by atoms with Crippen molar-refractivity contribution in [2.75, 3.05) is 0 Å². The van der Waals surface area contributed by atoms with Gasteiger partial charge in [0.05, 0.1) is 16.6 Å². The molecule has 1 aromatic heterocycles. The molecular formula is C21H11ClN2O3S. The summed E-state index contributed by atoms with van der Waals surface area (Å²) in [5.41, 5.74) is 1.80. The molecular weight excluding hydrogens is 396 g/mol. The molecule has 0 unspecified atom stereocenters. The van der Waals surface area contributed by atoms with Crippen LogP contribution in [0.25, 0.3) is 11.0 Å². The summed E-state index contributed by atoms with van der Waals surface area (Å²) >= 11 is 7.00. The van der Waals surface area contributed by atoms with Crippen molar-refractivity contribution in [1.82, 2.24) is 9.97 Å². The van der Waals surface area contributed by atoms with Gasteiger partial charge in [-0.3, -0.25) is 4.79 Å². The van der Waals surface area contributed by atoms with Crippen LogP contribution < -0.4 is 9.47 Å². The van der Waals surface area contributed by atoms with Crippen molar-refractivity contribution in [3.63, 3.8) is 0 Å². The number of rotatable bonds is 2. The smallest absolute Gasteiger partial charge is 0.284 e. The molecule has 5 nitrogen and oxygen atoms in total. The van der Waals surface area contributed by atoms with E-state index in [4.69, 9.17) is 21.1 Å². The molecule has 136 valence electrons. The molecule has 5 rings (SSSR count). The normalized spacial score (nSPS) is 11.9. The number of aromatic nitrogens is 2. The van der Waals surface area contributed by atoms with E-state index in [1.807, 2.05) is 24.3 Å². The van der Waals surface area contributed by atoms with Gasteiger partial charge in [-0.1, -0.05) is 29.8 Å². The Hall–Kier alpha value is -3.09. The van der Waals surface area contributed by atoms with Crippen molar-refractivity contribution >= 4 is 39.5 Å². The summed E-state index contributed by atoms with van der Waals surface area (Å²) in [6.45, 7) is 0. The molecule has 2 heterocycles. The molecule has 0 saturated carbocycles. The Balaban J connectivity index is 1.50. The van der Waals surface area contributed by atoms with Crippen LogP contribution in [0.15, 0.2) is 71.6 Å². The van der Waals surface area contributed by atoms with Crippen LogP contribution in [0, 0.1) is 0 Å². The lowest BCUT2D eigenvalue weighted by atomic mass is 10.2. The first-order valence-electron chi connectivity index (χ1n) is 8.41. The lowest BCUT2D eigenvalue weighted by Crippen LogP contribution is -2.07. The van der Waals surface area contributed by atoms with E-state index in [-0.39, 0.29) is 16.9 Å². The summed E-state index contributed by atoms with van der Waals surface area (Å²) in [5, 5.41) is 0.452. The van der Waals surface area contributed by atoms with E-state index in [1.165, 1.54) is 0 Å². The van der Waals surface area contributed by atoms with Gasteiger partial charge in [-0.05, 0) is 60.3 Å². The first-order chi connectivity index (χ1) is 13.7. The molecule has 0 bridgehead atoms. The number of hydrogen-bond donors (Lipinski definition) is 0. The van der Waals surface area contributed by atoms with Crippen molar-refractivity contribution in [1.29, 1.82) is 0 Å². The number of hydrogen-bond acceptors (Lipinski definition) is 6. The maximum absolute atomic E-state index is 12.9. The fourth-order valence-corrected chi connectivity index (χ4v) is 3.71. The Kier molecular flexibility index (Phi) is 4.15. The third kappa shape index (κ3) is 3.06. The van der Waals surface area contributed by atoms with E-state index in [9.17, 15) is 4.79 Å². The SMILES string of the molecule is O=C(Sc1ccc(Cl)cc1)c1cccc2c1Oc1nc3ccccc3nc1O2. The summed E-state index contributed by atoms with van der Waals surface area (Å²) in [7, 11) is 0. The van der Waals surface area contributed by atoms with E-state index in [2.05, 4.69) is 9.97 Å². The van der Waals surface area contributed by atoms with Crippen LogP contribution in [0.2, 0.25) is 5.02 Å². The fourth-order valence-electron chi connectivity index (χ4n) is 2.83. The molecule has 0 atom stereocenters. The summed E-state index contributed by atoms with van der Waals surface area (Å²) < 4.78 is 11.8. The average molecular weight is 407 g/mol. The zero-order valence-electron chi connectivity index (χ0n) is 14.3. The molecule has 3 aromatic carbocycles. The Bertz CT molecular complexity index is 1230. The lowest BCUT2D eigenvalue weighted by Gasteiger charge is -2.20. The van der Waals surface area contributed by atoms with Gasteiger partial charge in [0.15, 0.2) is 11.5 Å². The number of fused-ring (bicyclic) bond motifs is 3. The third-order valence-corrected chi connectivity index (χ3v) is 5.30. The second kappa shape index (κ2) is 6.82. The first kappa shape index (κ1) is 17.0. The Labute approximate surface area is 169 Å². The molecule has 1 aliphatic rings. The summed E-state index contributed by atoms with van der Waals surface area (Å²) in [4.78, 5) is 22.6. The number of benzene rings is 3. The predicted molar refractivity (Wildman–Crippen MR) is 108 cm³/mol. The highest BCUT2D eigenvalue weighted by atomic mass is 35.5. The number of carbonyl (C=O) groups is 1. The number of para-hydroxylation sites is 3. The van der Waals surface area contributed by atoms with Crippen molar-refractivity contribution in [3.05, 3.63) is 77.3 Å². The van der Waals surface area contributed by atoms with Crippen molar-refractivity contribution in [2.24, 2.45) is 0 Å². The number of thioether (sulfide) groups is 1. The molecule has 4 aromatic rings. The van der Waals surface area contributed by atoms with Gasteiger partial charge in [-0.25, -0.2) is 9.97 Å². The van der Waals surface area contributed by atoms with Crippen molar-refractivity contribution < 1.29 is 14.3 Å². The maximum Gasteiger partial charge on any atom is 0.284 e. The minimum atomic E-state index is -0.167. The zero-order valence-corrected chi connectivity index (χ0v) is 15.8. The first-order valence-corrected chi connectivity index (χ1v) is 9.60.